The molecule has 0 bridgehead atoms. The minimum absolute atomic E-state index is 0.253. The van der Waals surface area contributed by atoms with Crippen molar-refractivity contribution < 1.29 is 8.91 Å². The van der Waals surface area contributed by atoms with Gasteiger partial charge in [0.25, 0.3) is 11.8 Å². The molecule has 1 fully saturated rings. The van der Waals surface area contributed by atoms with Crippen molar-refractivity contribution in [1.29, 1.82) is 0 Å². The van der Waals surface area contributed by atoms with E-state index in [9.17, 15) is 4.39 Å². The molecule has 0 atom stereocenters. The molecule has 0 saturated heterocycles. The zero-order valence-corrected chi connectivity index (χ0v) is 13.1. The van der Waals surface area contributed by atoms with Crippen molar-refractivity contribution in [2.24, 2.45) is 0 Å². The van der Waals surface area contributed by atoms with Gasteiger partial charge >= 0.3 is 0 Å². The van der Waals surface area contributed by atoms with E-state index in [2.05, 4.69) is 20.4 Å². The Balaban J connectivity index is 1.50. The Morgan fingerprint density at radius 1 is 1.12 bits per heavy atom. The molecule has 24 heavy (non-hydrogen) atoms. The Kier molecular flexibility index (Phi) is 3.72. The highest BCUT2D eigenvalue weighted by Gasteiger charge is 2.42. The maximum absolute atomic E-state index is 14.1. The Hall–Kier alpha value is -2.76. The van der Waals surface area contributed by atoms with E-state index in [-0.39, 0.29) is 11.2 Å². The van der Waals surface area contributed by atoms with Crippen LogP contribution in [0, 0.1) is 5.82 Å². The monoisotopic (exact) mass is 324 g/mol. The summed E-state index contributed by atoms with van der Waals surface area (Å²) in [4.78, 5) is 8.61. The molecule has 0 radical (unpaired) electrons. The molecule has 4 rings (SSSR count). The maximum Gasteiger partial charge on any atom is 0.263 e. The van der Waals surface area contributed by atoms with Crippen LogP contribution in [0.2, 0.25) is 0 Å². The number of rotatable bonds is 5. The highest BCUT2D eigenvalue weighted by atomic mass is 19.1. The molecule has 1 aromatic carbocycles. The first-order valence-corrected chi connectivity index (χ1v) is 8.01. The number of benzene rings is 1. The van der Waals surface area contributed by atoms with Crippen molar-refractivity contribution in [3.05, 3.63) is 60.2 Å². The van der Waals surface area contributed by atoms with Crippen LogP contribution in [0.5, 0.6) is 0 Å². The Morgan fingerprint density at radius 3 is 2.67 bits per heavy atom. The molecule has 2 aromatic heterocycles. The minimum Gasteiger partial charge on any atom is -0.351 e. The van der Waals surface area contributed by atoms with Crippen LogP contribution in [-0.4, -0.2) is 21.7 Å². The predicted octanol–water partition coefficient (Wildman–Crippen LogP) is 3.80. The van der Waals surface area contributed by atoms with Crippen LogP contribution < -0.4 is 5.32 Å². The Labute approximate surface area is 138 Å². The van der Waals surface area contributed by atoms with Gasteiger partial charge in [0.05, 0.1) is 5.69 Å². The standard InChI is InChI=1S/C18H17FN4O/c19-14-8-4-11-20-15(14)18(9-5-10-18)12-21-17-22-16(24-23-17)13-6-2-1-3-7-13/h1-4,6-8,11H,5,9-10,12H2,(H,21,23). The van der Waals surface area contributed by atoms with Gasteiger partial charge in [-0.15, -0.1) is 0 Å². The second kappa shape index (κ2) is 6.03. The van der Waals surface area contributed by atoms with Crippen LogP contribution in [-0.2, 0) is 5.41 Å². The van der Waals surface area contributed by atoms with E-state index in [1.165, 1.54) is 6.07 Å². The van der Waals surface area contributed by atoms with E-state index < -0.39 is 0 Å². The number of halogens is 1. The van der Waals surface area contributed by atoms with Gasteiger partial charge in [-0.1, -0.05) is 24.6 Å². The average molecular weight is 324 g/mol. The van der Waals surface area contributed by atoms with Gasteiger partial charge in [-0.05, 0) is 42.3 Å². The summed E-state index contributed by atoms with van der Waals surface area (Å²) in [5, 5.41) is 7.14. The third kappa shape index (κ3) is 2.64. The summed E-state index contributed by atoms with van der Waals surface area (Å²) in [7, 11) is 0. The third-order valence-electron chi connectivity index (χ3n) is 4.60. The molecule has 1 saturated carbocycles. The normalized spacial score (nSPS) is 15.7. The molecule has 0 aliphatic heterocycles. The number of nitrogens with zero attached hydrogens (tertiary/aromatic N) is 3. The SMILES string of the molecule is Fc1cccnc1C1(CNc2noc(-c3ccccc3)n2)CCC1. The smallest absolute Gasteiger partial charge is 0.263 e. The molecule has 122 valence electrons. The Bertz CT molecular complexity index is 830. The molecule has 0 spiro atoms. The molecule has 1 aliphatic rings. The molecule has 0 unspecified atom stereocenters. The van der Waals surface area contributed by atoms with E-state index >= 15 is 0 Å². The van der Waals surface area contributed by atoms with Crippen molar-refractivity contribution in [3.8, 4) is 11.5 Å². The second-order valence-electron chi connectivity index (χ2n) is 6.11. The van der Waals surface area contributed by atoms with Crippen molar-refractivity contribution in [3.63, 3.8) is 0 Å². The molecular formula is C18H17FN4O. The van der Waals surface area contributed by atoms with Crippen LogP contribution in [0.15, 0.2) is 53.2 Å². The molecule has 0 amide bonds. The van der Waals surface area contributed by atoms with Crippen molar-refractivity contribution in [2.75, 3.05) is 11.9 Å². The van der Waals surface area contributed by atoms with Crippen molar-refractivity contribution in [2.45, 2.75) is 24.7 Å². The maximum atomic E-state index is 14.1. The summed E-state index contributed by atoms with van der Waals surface area (Å²) >= 11 is 0. The van der Waals surface area contributed by atoms with E-state index in [0.29, 0.717) is 24.1 Å². The van der Waals surface area contributed by atoms with Gasteiger partial charge in [0.1, 0.15) is 5.82 Å². The van der Waals surface area contributed by atoms with Gasteiger partial charge in [-0.3, -0.25) is 4.98 Å². The fourth-order valence-corrected chi connectivity index (χ4v) is 3.12. The highest BCUT2D eigenvalue weighted by molar-refractivity contribution is 5.53. The fraction of sp³-hybridized carbons (Fsp3) is 0.278. The molecular weight excluding hydrogens is 307 g/mol. The number of nitrogens with one attached hydrogen (secondary N) is 1. The molecule has 3 aromatic rings. The van der Waals surface area contributed by atoms with E-state index in [1.807, 2.05) is 30.3 Å². The van der Waals surface area contributed by atoms with Gasteiger partial charge in [-0.2, -0.15) is 4.98 Å². The second-order valence-corrected chi connectivity index (χ2v) is 6.11. The number of pyridine rings is 1. The predicted molar refractivity (Wildman–Crippen MR) is 87.9 cm³/mol. The lowest BCUT2D eigenvalue weighted by atomic mass is 9.66. The lowest BCUT2D eigenvalue weighted by Gasteiger charge is -2.41. The summed E-state index contributed by atoms with van der Waals surface area (Å²) in [5.41, 5.74) is 1.10. The van der Waals surface area contributed by atoms with Gasteiger partial charge in [0, 0.05) is 23.7 Å². The topological polar surface area (TPSA) is 63.8 Å². The van der Waals surface area contributed by atoms with Gasteiger partial charge < -0.3 is 9.84 Å². The average Bonchev–Trinajstić information content (AvgIpc) is 3.05. The first kappa shape index (κ1) is 14.8. The minimum atomic E-state index is -0.293. The first-order chi connectivity index (χ1) is 11.8. The molecule has 5 nitrogen and oxygen atoms in total. The number of hydrogen-bond donors (Lipinski definition) is 1. The molecule has 2 heterocycles. The van der Waals surface area contributed by atoms with Gasteiger partial charge in [0.15, 0.2) is 0 Å². The summed E-state index contributed by atoms with van der Waals surface area (Å²) in [5.74, 6) is 0.623. The van der Waals surface area contributed by atoms with Gasteiger partial charge in [-0.25, -0.2) is 4.39 Å². The number of hydrogen-bond acceptors (Lipinski definition) is 5. The van der Waals surface area contributed by atoms with E-state index in [1.54, 1.807) is 12.3 Å². The zero-order chi connectivity index (χ0) is 16.4. The van der Waals surface area contributed by atoms with E-state index in [4.69, 9.17) is 4.52 Å². The third-order valence-corrected chi connectivity index (χ3v) is 4.60. The highest BCUT2D eigenvalue weighted by Crippen LogP contribution is 2.43. The van der Waals surface area contributed by atoms with Crippen molar-refractivity contribution >= 4 is 5.95 Å². The first-order valence-electron chi connectivity index (χ1n) is 8.01. The molecule has 1 aliphatic carbocycles. The zero-order valence-electron chi connectivity index (χ0n) is 13.1. The number of anilines is 1. The van der Waals surface area contributed by atoms with Crippen molar-refractivity contribution in [1.82, 2.24) is 15.1 Å². The fourth-order valence-electron chi connectivity index (χ4n) is 3.12. The summed E-state index contributed by atoms with van der Waals surface area (Å²) in [6, 6.07) is 12.7. The lowest BCUT2D eigenvalue weighted by Crippen LogP contribution is -2.42. The largest absolute Gasteiger partial charge is 0.351 e. The quantitative estimate of drug-likeness (QED) is 0.773. The lowest BCUT2D eigenvalue weighted by molar-refractivity contribution is 0.243. The summed E-state index contributed by atoms with van der Waals surface area (Å²) in [6.07, 6.45) is 4.51. The van der Waals surface area contributed by atoms with Crippen LogP contribution in [0.3, 0.4) is 0 Å². The summed E-state index contributed by atoms with van der Waals surface area (Å²) in [6.45, 7) is 0.536. The van der Waals surface area contributed by atoms with Crippen LogP contribution in [0.4, 0.5) is 10.3 Å². The van der Waals surface area contributed by atoms with Crippen LogP contribution >= 0.6 is 0 Å². The van der Waals surface area contributed by atoms with Crippen LogP contribution in [0.1, 0.15) is 25.0 Å². The summed E-state index contributed by atoms with van der Waals surface area (Å²) < 4.78 is 19.4. The number of aromatic nitrogens is 3. The molecule has 1 N–H and O–H groups in total. The van der Waals surface area contributed by atoms with E-state index in [0.717, 1.165) is 24.8 Å². The molecule has 6 heteroatoms. The Morgan fingerprint density at radius 2 is 1.96 bits per heavy atom. The van der Waals surface area contributed by atoms with Gasteiger partial charge in [0.2, 0.25) is 0 Å². The van der Waals surface area contributed by atoms with Crippen LogP contribution in [0.25, 0.3) is 11.5 Å².